The van der Waals surface area contributed by atoms with Crippen molar-refractivity contribution in [1.29, 1.82) is 0 Å². The van der Waals surface area contributed by atoms with Crippen molar-refractivity contribution in [2.75, 3.05) is 0 Å². The summed E-state index contributed by atoms with van der Waals surface area (Å²) >= 11 is 0. The third-order valence-electron chi connectivity index (χ3n) is 1.90. The predicted octanol–water partition coefficient (Wildman–Crippen LogP) is 2.87. The van der Waals surface area contributed by atoms with Gasteiger partial charge in [0.2, 0.25) is 0 Å². The van der Waals surface area contributed by atoms with Gasteiger partial charge in [-0.1, -0.05) is 19.8 Å². The van der Waals surface area contributed by atoms with E-state index in [0.29, 0.717) is 6.10 Å². The number of rotatable bonds is 3. The molecule has 0 amide bonds. The van der Waals surface area contributed by atoms with Gasteiger partial charge in [0, 0.05) is 0 Å². The fourth-order valence-electron chi connectivity index (χ4n) is 1.23. The average Bonchev–Trinajstić information content (AvgIpc) is 2.03. The first-order valence-electron chi connectivity index (χ1n) is 4.24. The van der Waals surface area contributed by atoms with E-state index in [9.17, 15) is 0 Å². The Morgan fingerprint density at radius 2 is 2.50 bits per heavy atom. The van der Waals surface area contributed by atoms with E-state index >= 15 is 0 Å². The highest BCUT2D eigenvalue weighted by atomic mass is 16.5. The van der Waals surface area contributed by atoms with Crippen molar-refractivity contribution in [3.8, 4) is 0 Å². The lowest BCUT2D eigenvalue weighted by Gasteiger charge is -2.18. The summed E-state index contributed by atoms with van der Waals surface area (Å²) in [5.41, 5.74) is 0. The third-order valence-corrected chi connectivity index (χ3v) is 1.90. The molecule has 1 rings (SSSR count). The molecule has 0 fully saturated rings. The van der Waals surface area contributed by atoms with Gasteiger partial charge >= 0.3 is 0 Å². The predicted molar refractivity (Wildman–Crippen MR) is 42.8 cm³/mol. The van der Waals surface area contributed by atoms with E-state index in [-0.39, 0.29) is 0 Å². The first-order chi connectivity index (χ1) is 4.93. The Hall–Kier alpha value is -0.460. The van der Waals surface area contributed by atoms with Crippen molar-refractivity contribution in [2.24, 2.45) is 0 Å². The molecule has 0 saturated carbocycles. The number of unbranched alkanes of at least 4 members (excludes halogenated alkanes) is 1. The molecule has 0 aromatic heterocycles. The first kappa shape index (κ1) is 7.64. The number of allylic oxidation sites excluding steroid dienone is 1. The maximum Gasteiger partial charge on any atom is 0.0981 e. The quantitative estimate of drug-likeness (QED) is 0.585. The van der Waals surface area contributed by atoms with Crippen molar-refractivity contribution in [1.82, 2.24) is 0 Å². The van der Waals surface area contributed by atoms with Crippen LogP contribution in [0, 0.1) is 0 Å². The van der Waals surface area contributed by atoms with Gasteiger partial charge in [-0.2, -0.15) is 0 Å². The molecule has 1 heteroatoms. The SMILES string of the molecule is CCCCC1CCC=CO1. The van der Waals surface area contributed by atoms with E-state index in [1.165, 1.54) is 32.1 Å². The van der Waals surface area contributed by atoms with Crippen LogP contribution < -0.4 is 0 Å². The molecule has 0 aromatic rings. The molecule has 1 atom stereocenters. The number of hydrogen-bond acceptors (Lipinski definition) is 1. The number of ether oxygens (including phenoxy) is 1. The molecule has 1 aliphatic heterocycles. The standard InChI is InChI=1S/C9H16O/c1-2-3-6-9-7-4-5-8-10-9/h5,8-9H,2-4,6-7H2,1H3. The summed E-state index contributed by atoms with van der Waals surface area (Å²) in [6, 6.07) is 0. The van der Waals surface area contributed by atoms with E-state index < -0.39 is 0 Å². The van der Waals surface area contributed by atoms with Crippen molar-refractivity contribution in [3.05, 3.63) is 12.3 Å². The van der Waals surface area contributed by atoms with Crippen LogP contribution in [0.4, 0.5) is 0 Å². The Labute approximate surface area is 63.1 Å². The number of hydrogen-bond donors (Lipinski definition) is 0. The van der Waals surface area contributed by atoms with Gasteiger partial charge in [-0.05, 0) is 25.3 Å². The maximum absolute atomic E-state index is 5.40. The molecule has 0 bridgehead atoms. The zero-order valence-electron chi connectivity index (χ0n) is 6.68. The second-order valence-electron chi connectivity index (χ2n) is 2.85. The lowest BCUT2D eigenvalue weighted by Crippen LogP contribution is -2.11. The molecule has 1 nitrogen and oxygen atoms in total. The maximum atomic E-state index is 5.40. The van der Waals surface area contributed by atoms with Gasteiger partial charge in [0.25, 0.3) is 0 Å². The highest BCUT2D eigenvalue weighted by Crippen LogP contribution is 2.15. The van der Waals surface area contributed by atoms with Gasteiger partial charge in [0.1, 0.15) is 0 Å². The summed E-state index contributed by atoms with van der Waals surface area (Å²) < 4.78 is 5.40. The summed E-state index contributed by atoms with van der Waals surface area (Å²) in [7, 11) is 0. The zero-order valence-corrected chi connectivity index (χ0v) is 6.68. The molecule has 1 heterocycles. The minimum Gasteiger partial charge on any atom is -0.498 e. The van der Waals surface area contributed by atoms with E-state index in [1.54, 1.807) is 0 Å². The minimum absolute atomic E-state index is 0.518. The third kappa shape index (κ3) is 2.42. The van der Waals surface area contributed by atoms with E-state index in [0.717, 1.165) is 0 Å². The smallest absolute Gasteiger partial charge is 0.0981 e. The average molecular weight is 140 g/mol. The van der Waals surface area contributed by atoms with Gasteiger partial charge in [-0.15, -0.1) is 0 Å². The molecule has 10 heavy (non-hydrogen) atoms. The Kier molecular flexibility index (Phi) is 3.34. The van der Waals surface area contributed by atoms with Gasteiger partial charge < -0.3 is 4.74 Å². The summed E-state index contributed by atoms with van der Waals surface area (Å²) in [6.07, 6.45) is 10.7. The van der Waals surface area contributed by atoms with Crippen molar-refractivity contribution < 1.29 is 4.74 Å². The molecule has 0 aliphatic carbocycles. The molecule has 0 saturated heterocycles. The molecule has 1 unspecified atom stereocenters. The van der Waals surface area contributed by atoms with Crippen LogP contribution in [-0.2, 0) is 4.74 Å². The second kappa shape index (κ2) is 4.37. The molecule has 0 aromatic carbocycles. The van der Waals surface area contributed by atoms with Crippen LogP contribution in [-0.4, -0.2) is 6.10 Å². The molecule has 1 aliphatic rings. The Balaban J connectivity index is 2.10. The summed E-state index contributed by atoms with van der Waals surface area (Å²) in [4.78, 5) is 0. The van der Waals surface area contributed by atoms with Crippen LogP contribution in [0.15, 0.2) is 12.3 Å². The normalized spacial score (nSPS) is 24.3. The Morgan fingerprint density at radius 1 is 1.60 bits per heavy atom. The van der Waals surface area contributed by atoms with Gasteiger partial charge in [0.15, 0.2) is 0 Å². The first-order valence-corrected chi connectivity index (χ1v) is 4.24. The van der Waals surface area contributed by atoms with Crippen LogP contribution >= 0.6 is 0 Å². The minimum atomic E-state index is 0.518. The summed E-state index contributed by atoms with van der Waals surface area (Å²) in [6.45, 7) is 2.22. The molecular weight excluding hydrogens is 124 g/mol. The summed E-state index contributed by atoms with van der Waals surface area (Å²) in [5.74, 6) is 0. The highest BCUT2D eigenvalue weighted by molar-refractivity contribution is 4.81. The monoisotopic (exact) mass is 140 g/mol. The van der Waals surface area contributed by atoms with Gasteiger partial charge in [-0.3, -0.25) is 0 Å². The van der Waals surface area contributed by atoms with Crippen LogP contribution in [0.2, 0.25) is 0 Å². The van der Waals surface area contributed by atoms with Crippen molar-refractivity contribution in [2.45, 2.75) is 45.1 Å². The van der Waals surface area contributed by atoms with Gasteiger partial charge in [-0.25, -0.2) is 0 Å². The molecule has 0 radical (unpaired) electrons. The van der Waals surface area contributed by atoms with Crippen LogP contribution in [0.3, 0.4) is 0 Å². The zero-order chi connectivity index (χ0) is 7.23. The van der Waals surface area contributed by atoms with E-state index in [2.05, 4.69) is 13.0 Å². The fraction of sp³-hybridized carbons (Fsp3) is 0.778. The van der Waals surface area contributed by atoms with Crippen LogP contribution in [0.5, 0.6) is 0 Å². The Morgan fingerprint density at radius 3 is 3.10 bits per heavy atom. The van der Waals surface area contributed by atoms with Crippen molar-refractivity contribution in [3.63, 3.8) is 0 Å². The lowest BCUT2D eigenvalue weighted by atomic mass is 10.1. The van der Waals surface area contributed by atoms with Crippen LogP contribution in [0.1, 0.15) is 39.0 Å². The molecule has 0 N–H and O–H groups in total. The fourth-order valence-corrected chi connectivity index (χ4v) is 1.23. The topological polar surface area (TPSA) is 9.23 Å². The second-order valence-corrected chi connectivity index (χ2v) is 2.85. The Bertz CT molecular complexity index is 107. The van der Waals surface area contributed by atoms with E-state index in [1.807, 2.05) is 6.26 Å². The molecule has 0 spiro atoms. The highest BCUT2D eigenvalue weighted by Gasteiger charge is 2.08. The van der Waals surface area contributed by atoms with Crippen molar-refractivity contribution >= 4 is 0 Å². The lowest BCUT2D eigenvalue weighted by molar-refractivity contribution is 0.113. The van der Waals surface area contributed by atoms with Gasteiger partial charge in [0.05, 0.1) is 12.4 Å². The largest absolute Gasteiger partial charge is 0.498 e. The molecular formula is C9H16O. The molecule has 58 valence electrons. The van der Waals surface area contributed by atoms with Crippen LogP contribution in [0.25, 0.3) is 0 Å². The summed E-state index contributed by atoms with van der Waals surface area (Å²) in [5, 5.41) is 0. The van der Waals surface area contributed by atoms with E-state index in [4.69, 9.17) is 4.74 Å².